The Morgan fingerprint density at radius 1 is 1.17 bits per heavy atom. The van der Waals surface area contributed by atoms with E-state index in [2.05, 4.69) is 22.1 Å². The van der Waals surface area contributed by atoms with Gasteiger partial charge in [-0.1, -0.05) is 6.07 Å². The van der Waals surface area contributed by atoms with Crippen molar-refractivity contribution in [2.24, 2.45) is 0 Å². The number of aryl methyl sites for hydroxylation is 2. The van der Waals surface area contributed by atoms with Gasteiger partial charge < -0.3 is 4.74 Å². The van der Waals surface area contributed by atoms with Gasteiger partial charge >= 0.3 is 0 Å². The molecule has 0 saturated carbocycles. The quantitative estimate of drug-likeness (QED) is 0.793. The summed E-state index contributed by atoms with van der Waals surface area (Å²) < 4.78 is 5.71. The zero-order valence-corrected chi connectivity index (χ0v) is 10.7. The van der Waals surface area contributed by atoms with Crippen LogP contribution in [0.15, 0.2) is 30.6 Å². The molecule has 0 unspecified atom stereocenters. The van der Waals surface area contributed by atoms with Gasteiger partial charge in [0.05, 0.1) is 17.8 Å². The second-order valence-corrected chi connectivity index (χ2v) is 4.64. The minimum Gasteiger partial charge on any atom is -0.437 e. The number of ether oxygens (including phenoxy) is 1. The molecule has 0 N–H and O–H groups in total. The van der Waals surface area contributed by atoms with Gasteiger partial charge in [0.15, 0.2) is 0 Å². The topological polar surface area (TPSA) is 35.0 Å². The largest absolute Gasteiger partial charge is 0.437 e. The number of nitrogens with zero attached hydrogens (tertiary/aromatic N) is 2. The van der Waals surface area contributed by atoms with Gasteiger partial charge in [-0.3, -0.25) is 4.98 Å². The van der Waals surface area contributed by atoms with Crippen molar-refractivity contribution in [3.63, 3.8) is 0 Å². The predicted octanol–water partition coefficient (Wildman–Crippen LogP) is 3.50. The third-order valence-corrected chi connectivity index (χ3v) is 3.37. The van der Waals surface area contributed by atoms with Crippen LogP contribution in [0.1, 0.15) is 23.2 Å². The van der Waals surface area contributed by atoms with E-state index in [-0.39, 0.29) is 0 Å². The molecule has 0 fully saturated rings. The summed E-state index contributed by atoms with van der Waals surface area (Å²) in [6.45, 7) is 0. The Morgan fingerprint density at radius 3 is 2.94 bits per heavy atom. The lowest BCUT2D eigenvalue weighted by molar-refractivity contribution is 0.458. The second-order valence-electron chi connectivity index (χ2n) is 4.37. The molecule has 0 aliphatic heterocycles. The van der Waals surface area contributed by atoms with Crippen LogP contribution < -0.4 is 4.74 Å². The van der Waals surface area contributed by atoms with Crippen LogP contribution in [0, 0.1) is 0 Å². The third-order valence-electron chi connectivity index (χ3n) is 3.09. The highest BCUT2D eigenvalue weighted by Crippen LogP contribution is 2.28. The first kappa shape index (κ1) is 11.5. The van der Waals surface area contributed by atoms with Crippen molar-refractivity contribution in [3.8, 4) is 11.6 Å². The summed E-state index contributed by atoms with van der Waals surface area (Å²) in [5, 5.41) is 0. The minimum absolute atomic E-state index is 0.342. The van der Waals surface area contributed by atoms with Crippen LogP contribution in [-0.4, -0.2) is 9.97 Å². The van der Waals surface area contributed by atoms with Gasteiger partial charge in [-0.25, -0.2) is 4.98 Å². The minimum atomic E-state index is 0.342. The molecule has 0 saturated heterocycles. The van der Waals surface area contributed by atoms with E-state index in [4.69, 9.17) is 16.3 Å². The summed E-state index contributed by atoms with van der Waals surface area (Å²) in [5.74, 6) is 1.65. The molecule has 1 aromatic carbocycles. The van der Waals surface area contributed by atoms with Gasteiger partial charge in [-0.05, 0) is 42.5 Å². The second kappa shape index (κ2) is 4.94. The standard InChI is InChI=1S/C14H13ClN2O/c15-7-12-8-16-9-14(17-12)18-13-5-4-10-2-1-3-11(10)6-13/h4-6,8-9H,1-3,7H2. The highest BCUT2D eigenvalue weighted by atomic mass is 35.5. The van der Waals surface area contributed by atoms with Gasteiger partial charge in [0.2, 0.25) is 5.88 Å². The molecule has 1 aliphatic carbocycles. The Kier molecular flexibility index (Phi) is 3.15. The van der Waals surface area contributed by atoms with Crippen LogP contribution in [-0.2, 0) is 18.7 Å². The molecule has 92 valence electrons. The summed E-state index contributed by atoms with van der Waals surface area (Å²) in [6.07, 6.45) is 6.79. The molecule has 1 aromatic heterocycles. The van der Waals surface area contributed by atoms with Crippen LogP contribution in [0.4, 0.5) is 0 Å². The normalized spacial score (nSPS) is 13.4. The summed E-state index contributed by atoms with van der Waals surface area (Å²) in [4.78, 5) is 8.32. The number of rotatable bonds is 3. The molecule has 18 heavy (non-hydrogen) atoms. The molecule has 0 radical (unpaired) electrons. The zero-order chi connectivity index (χ0) is 12.4. The third kappa shape index (κ3) is 2.31. The summed E-state index contributed by atoms with van der Waals surface area (Å²) in [7, 11) is 0. The molecule has 4 heteroatoms. The first-order valence-corrected chi connectivity index (χ1v) is 6.55. The fourth-order valence-electron chi connectivity index (χ4n) is 2.23. The highest BCUT2D eigenvalue weighted by molar-refractivity contribution is 6.16. The molecule has 0 amide bonds. The Labute approximate surface area is 111 Å². The molecule has 0 spiro atoms. The van der Waals surface area contributed by atoms with Crippen LogP contribution in [0.2, 0.25) is 0 Å². The van der Waals surface area contributed by atoms with E-state index >= 15 is 0 Å². The lowest BCUT2D eigenvalue weighted by Crippen LogP contribution is -1.94. The zero-order valence-electron chi connectivity index (χ0n) is 9.90. The number of hydrogen-bond donors (Lipinski definition) is 0. The molecule has 3 nitrogen and oxygen atoms in total. The number of aromatic nitrogens is 2. The van der Waals surface area contributed by atoms with E-state index in [1.165, 1.54) is 24.0 Å². The van der Waals surface area contributed by atoms with Crippen LogP contribution in [0.5, 0.6) is 11.6 Å². The van der Waals surface area contributed by atoms with Gasteiger partial charge in [-0.2, -0.15) is 0 Å². The van der Waals surface area contributed by atoms with Crippen molar-refractivity contribution in [1.29, 1.82) is 0 Å². The molecule has 0 atom stereocenters. The van der Waals surface area contributed by atoms with Gasteiger partial charge in [-0.15, -0.1) is 11.6 Å². The average Bonchev–Trinajstić information content (AvgIpc) is 2.86. The van der Waals surface area contributed by atoms with Gasteiger partial charge in [0.1, 0.15) is 5.75 Å². The van der Waals surface area contributed by atoms with Crippen molar-refractivity contribution in [2.45, 2.75) is 25.1 Å². The summed E-state index contributed by atoms with van der Waals surface area (Å²) in [5.41, 5.74) is 3.53. The maximum absolute atomic E-state index is 5.72. The molecule has 1 heterocycles. The molecular formula is C14H13ClN2O. The fourth-order valence-corrected chi connectivity index (χ4v) is 2.36. The maximum Gasteiger partial charge on any atom is 0.238 e. The van der Waals surface area contributed by atoms with Crippen molar-refractivity contribution in [1.82, 2.24) is 9.97 Å². The average molecular weight is 261 g/mol. The fraction of sp³-hybridized carbons (Fsp3) is 0.286. The number of alkyl halides is 1. The number of hydrogen-bond acceptors (Lipinski definition) is 3. The van der Waals surface area contributed by atoms with Crippen molar-refractivity contribution in [3.05, 3.63) is 47.4 Å². The lowest BCUT2D eigenvalue weighted by Gasteiger charge is -2.07. The van der Waals surface area contributed by atoms with Crippen LogP contribution in [0.3, 0.4) is 0 Å². The lowest BCUT2D eigenvalue weighted by atomic mass is 10.1. The Hall–Kier alpha value is -1.61. The SMILES string of the molecule is ClCc1cncc(Oc2ccc3c(c2)CCC3)n1. The van der Waals surface area contributed by atoms with E-state index in [0.717, 1.165) is 17.9 Å². The maximum atomic E-state index is 5.72. The van der Waals surface area contributed by atoms with Crippen LogP contribution >= 0.6 is 11.6 Å². The Bertz CT molecular complexity index is 571. The van der Waals surface area contributed by atoms with E-state index in [9.17, 15) is 0 Å². The number of benzene rings is 1. The van der Waals surface area contributed by atoms with Gasteiger partial charge in [0.25, 0.3) is 0 Å². The van der Waals surface area contributed by atoms with E-state index in [1.54, 1.807) is 12.4 Å². The van der Waals surface area contributed by atoms with E-state index in [0.29, 0.717) is 11.8 Å². The van der Waals surface area contributed by atoms with Crippen LogP contribution in [0.25, 0.3) is 0 Å². The smallest absolute Gasteiger partial charge is 0.238 e. The molecule has 0 bridgehead atoms. The first-order chi connectivity index (χ1) is 8.85. The van der Waals surface area contributed by atoms with Gasteiger partial charge in [0, 0.05) is 6.20 Å². The summed E-state index contributed by atoms with van der Waals surface area (Å²) >= 11 is 5.72. The van der Waals surface area contributed by atoms with E-state index < -0.39 is 0 Å². The molecule has 3 rings (SSSR count). The molecular weight excluding hydrogens is 248 g/mol. The first-order valence-electron chi connectivity index (χ1n) is 6.02. The monoisotopic (exact) mass is 260 g/mol. The van der Waals surface area contributed by atoms with E-state index in [1.807, 2.05) is 6.07 Å². The van der Waals surface area contributed by atoms with Crippen molar-refractivity contribution < 1.29 is 4.74 Å². The Balaban J connectivity index is 1.83. The number of fused-ring (bicyclic) bond motifs is 1. The predicted molar refractivity (Wildman–Crippen MR) is 70.1 cm³/mol. The molecule has 2 aromatic rings. The highest BCUT2D eigenvalue weighted by Gasteiger charge is 2.11. The number of halogens is 1. The molecule has 1 aliphatic rings. The summed E-state index contributed by atoms with van der Waals surface area (Å²) in [6, 6.07) is 6.22. The van der Waals surface area contributed by atoms with Crippen molar-refractivity contribution >= 4 is 11.6 Å². The Morgan fingerprint density at radius 2 is 2.06 bits per heavy atom. The van der Waals surface area contributed by atoms with Crippen molar-refractivity contribution in [2.75, 3.05) is 0 Å².